The Labute approximate surface area is 107 Å². The number of phenols is 1. The molecule has 3 heteroatoms. The standard InChI is InChI=1S/C9H10O2.C6H6O/c1-2-11-9(10)8-6-4-3-5-7-8;7-6-4-2-1-3-5-6/h3-7H,2H2,1H3;1-5,7H. The van der Waals surface area contributed by atoms with Gasteiger partial charge in [-0.2, -0.15) is 0 Å². The van der Waals surface area contributed by atoms with Crippen molar-refractivity contribution in [3.63, 3.8) is 0 Å². The number of carbonyl (C=O) groups is 1. The molecule has 0 radical (unpaired) electrons. The molecule has 3 nitrogen and oxygen atoms in total. The van der Waals surface area contributed by atoms with Crippen molar-refractivity contribution in [1.29, 1.82) is 0 Å². The van der Waals surface area contributed by atoms with Crippen molar-refractivity contribution in [3.8, 4) is 5.75 Å². The van der Waals surface area contributed by atoms with Crippen LogP contribution in [0.3, 0.4) is 0 Å². The Morgan fingerprint density at radius 3 is 1.89 bits per heavy atom. The summed E-state index contributed by atoms with van der Waals surface area (Å²) in [6.07, 6.45) is 0. The Kier molecular flexibility index (Phi) is 6.04. The fourth-order valence-electron chi connectivity index (χ4n) is 1.22. The van der Waals surface area contributed by atoms with Crippen LogP contribution in [0.2, 0.25) is 0 Å². The van der Waals surface area contributed by atoms with Gasteiger partial charge in [-0.1, -0.05) is 36.4 Å². The van der Waals surface area contributed by atoms with Gasteiger partial charge in [-0.3, -0.25) is 0 Å². The molecule has 0 aliphatic heterocycles. The van der Waals surface area contributed by atoms with Crippen LogP contribution in [0.4, 0.5) is 0 Å². The molecule has 0 atom stereocenters. The molecule has 2 aromatic carbocycles. The molecule has 0 unspecified atom stereocenters. The summed E-state index contributed by atoms with van der Waals surface area (Å²) in [5, 5.41) is 8.63. The molecule has 0 bridgehead atoms. The third-order valence-corrected chi connectivity index (χ3v) is 2.04. The highest BCUT2D eigenvalue weighted by atomic mass is 16.5. The van der Waals surface area contributed by atoms with Crippen molar-refractivity contribution < 1.29 is 14.6 Å². The van der Waals surface area contributed by atoms with Crippen LogP contribution in [-0.4, -0.2) is 17.7 Å². The van der Waals surface area contributed by atoms with Crippen LogP contribution in [0, 0.1) is 0 Å². The maximum absolute atomic E-state index is 11.0. The normalized spacial score (nSPS) is 8.94. The van der Waals surface area contributed by atoms with Gasteiger partial charge in [-0.25, -0.2) is 4.79 Å². The molecule has 0 aromatic heterocycles. The molecule has 0 saturated carbocycles. The predicted molar refractivity (Wildman–Crippen MR) is 70.5 cm³/mol. The number of hydrogen-bond acceptors (Lipinski definition) is 3. The van der Waals surface area contributed by atoms with Gasteiger partial charge in [-0.15, -0.1) is 0 Å². The van der Waals surface area contributed by atoms with Gasteiger partial charge in [0.05, 0.1) is 12.2 Å². The maximum Gasteiger partial charge on any atom is 0.338 e. The molecule has 1 N–H and O–H groups in total. The van der Waals surface area contributed by atoms with Crippen LogP contribution in [-0.2, 0) is 4.74 Å². The maximum atomic E-state index is 11.0. The van der Waals surface area contributed by atoms with Crippen molar-refractivity contribution >= 4 is 5.97 Å². The van der Waals surface area contributed by atoms with Crippen molar-refractivity contribution in [2.75, 3.05) is 6.61 Å². The zero-order valence-electron chi connectivity index (χ0n) is 10.2. The highest BCUT2D eigenvalue weighted by Crippen LogP contribution is 2.02. The molecule has 0 heterocycles. The van der Waals surface area contributed by atoms with E-state index >= 15 is 0 Å². The lowest BCUT2D eigenvalue weighted by atomic mass is 10.2. The van der Waals surface area contributed by atoms with Crippen LogP contribution in [0.25, 0.3) is 0 Å². The number of ether oxygens (including phenoxy) is 1. The van der Waals surface area contributed by atoms with E-state index in [0.717, 1.165) is 0 Å². The van der Waals surface area contributed by atoms with E-state index in [-0.39, 0.29) is 5.97 Å². The first kappa shape index (κ1) is 13.8. The summed E-state index contributed by atoms with van der Waals surface area (Å²) in [6.45, 7) is 2.22. The summed E-state index contributed by atoms with van der Waals surface area (Å²) in [7, 11) is 0. The molecular weight excluding hydrogens is 228 g/mol. The van der Waals surface area contributed by atoms with Crippen molar-refractivity contribution in [3.05, 3.63) is 66.2 Å². The summed E-state index contributed by atoms with van der Waals surface area (Å²) >= 11 is 0. The molecule has 0 amide bonds. The summed E-state index contributed by atoms with van der Waals surface area (Å²) in [6, 6.07) is 17.7. The minimum absolute atomic E-state index is 0.256. The number of carbonyl (C=O) groups excluding carboxylic acids is 1. The predicted octanol–water partition coefficient (Wildman–Crippen LogP) is 3.26. The second-order valence-corrected chi connectivity index (χ2v) is 3.42. The van der Waals surface area contributed by atoms with Gasteiger partial charge < -0.3 is 9.84 Å². The van der Waals surface area contributed by atoms with E-state index in [1.54, 1.807) is 43.3 Å². The molecule has 2 rings (SSSR count). The zero-order chi connectivity index (χ0) is 13.2. The average Bonchev–Trinajstić information content (AvgIpc) is 2.42. The minimum atomic E-state index is -0.256. The first-order chi connectivity index (χ1) is 8.74. The molecule has 0 aliphatic rings. The van der Waals surface area contributed by atoms with Gasteiger partial charge in [0.1, 0.15) is 5.75 Å². The lowest BCUT2D eigenvalue weighted by Gasteiger charge is -1.99. The third-order valence-electron chi connectivity index (χ3n) is 2.04. The van der Waals surface area contributed by atoms with E-state index in [4.69, 9.17) is 9.84 Å². The second kappa shape index (κ2) is 7.90. The molecule has 0 fully saturated rings. The van der Waals surface area contributed by atoms with Crippen LogP contribution >= 0.6 is 0 Å². The van der Waals surface area contributed by atoms with Crippen LogP contribution in [0.5, 0.6) is 5.75 Å². The van der Waals surface area contributed by atoms with Crippen LogP contribution < -0.4 is 0 Å². The first-order valence-electron chi connectivity index (χ1n) is 5.70. The highest BCUT2D eigenvalue weighted by Gasteiger charge is 2.02. The lowest BCUT2D eigenvalue weighted by molar-refractivity contribution is 0.0526. The van der Waals surface area contributed by atoms with E-state index in [0.29, 0.717) is 17.9 Å². The van der Waals surface area contributed by atoms with E-state index in [2.05, 4.69) is 0 Å². The average molecular weight is 244 g/mol. The van der Waals surface area contributed by atoms with Crippen molar-refractivity contribution in [2.45, 2.75) is 6.92 Å². The summed E-state index contributed by atoms with van der Waals surface area (Å²) < 4.78 is 4.79. The smallest absolute Gasteiger partial charge is 0.338 e. The van der Waals surface area contributed by atoms with Gasteiger partial charge in [-0.05, 0) is 31.2 Å². The Morgan fingerprint density at radius 2 is 1.50 bits per heavy atom. The molecule has 0 saturated heterocycles. The largest absolute Gasteiger partial charge is 0.508 e. The first-order valence-corrected chi connectivity index (χ1v) is 5.70. The summed E-state index contributed by atoms with van der Waals surface area (Å²) in [4.78, 5) is 11.0. The molecule has 0 aliphatic carbocycles. The number of rotatable bonds is 2. The topological polar surface area (TPSA) is 46.5 Å². The van der Waals surface area contributed by atoms with Gasteiger partial charge in [0.2, 0.25) is 0 Å². The Morgan fingerprint density at radius 1 is 1.00 bits per heavy atom. The SMILES string of the molecule is CCOC(=O)c1ccccc1.Oc1ccccc1. The monoisotopic (exact) mass is 244 g/mol. The Hall–Kier alpha value is -2.29. The molecule has 18 heavy (non-hydrogen) atoms. The number of hydrogen-bond donors (Lipinski definition) is 1. The number of benzene rings is 2. The van der Waals surface area contributed by atoms with E-state index in [1.807, 2.05) is 24.3 Å². The molecule has 0 spiro atoms. The van der Waals surface area contributed by atoms with E-state index in [9.17, 15) is 4.79 Å². The lowest BCUT2D eigenvalue weighted by Crippen LogP contribution is -2.03. The highest BCUT2D eigenvalue weighted by molar-refractivity contribution is 5.89. The Bertz CT molecular complexity index is 452. The summed E-state index contributed by atoms with van der Waals surface area (Å²) in [5.41, 5.74) is 0.606. The summed E-state index contributed by atoms with van der Waals surface area (Å²) in [5.74, 6) is 0.0654. The number of phenolic OH excluding ortho intramolecular Hbond substituents is 1. The van der Waals surface area contributed by atoms with Gasteiger partial charge in [0.25, 0.3) is 0 Å². The van der Waals surface area contributed by atoms with Gasteiger partial charge >= 0.3 is 5.97 Å². The van der Waals surface area contributed by atoms with Gasteiger partial charge in [0.15, 0.2) is 0 Å². The fourth-order valence-corrected chi connectivity index (χ4v) is 1.22. The number of aromatic hydroxyl groups is 1. The molecule has 94 valence electrons. The fraction of sp³-hybridized carbons (Fsp3) is 0.133. The zero-order valence-corrected chi connectivity index (χ0v) is 10.2. The van der Waals surface area contributed by atoms with Crippen molar-refractivity contribution in [2.24, 2.45) is 0 Å². The second-order valence-electron chi connectivity index (χ2n) is 3.42. The van der Waals surface area contributed by atoms with Crippen molar-refractivity contribution in [1.82, 2.24) is 0 Å². The Balaban J connectivity index is 0.000000199. The third kappa shape index (κ3) is 5.16. The van der Waals surface area contributed by atoms with E-state index < -0.39 is 0 Å². The minimum Gasteiger partial charge on any atom is -0.508 e. The molecular formula is C15H16O3. The number of para-hydroxylation sites is 1. The number of esters is 1. The quantitative estimate of drug-likeness (QED) is 0.825. The molecule has 2 aromatic rings. The van der Waals surface area contributed by atoms with E-state index in [1.165, 1.54) is 0 Å². The van der Waals surface area contributed by atoms with Crippen LogP contribution in [0.1, 0.15) is 17.3 Å². The van der Waals surface area contributed by atoms with Crippen LogP contribution in [0.15, 0.2) is 60.7 Å². The van der Waals surface area contributed by atoms with Gasteiger partial charge in [0, 0.05) is 0 Å².